The molecule has 0 saturated carbocycles. The molecule has 1 aromatic carbocycles. The standard InChI is InChI=1S/C18H21ClF2N4O.HI/c1-22-18(23-8-7-13-5-6-16(19)24-10-13)25-11-14-3-2-4-15(9-14)26-12-17(20)21;/h2-6,9-10,17H,7-8,11-12H2,1H3,(H2,22,23,25);1H. The lowest BCUT2D eigenvalue weighted by molar-refractivity contribution is 0.0818. The third-order valence-corrected chi connectivity index (χ3v) is 3.68. The fourth-order valence-electron chi connectivity index (χ4n) is 2.19. The maximum atomic E-state index is 12.2. The first-order valence-corrected chi connectivity index (χ1v) is 8.49. The molecule has 0 spiro atoms. The summed E-state index contributed by atoms with van der Waals surface area (Å²) in [6, 6.07) is 10.7. The van der Waals surface area contributed by atoms with Crippen LogP contribution in [0.15, 0.2) is 47.6 Å². The summed E-state index contributed by atoms with van der Waals surface area (Å²) in [6.07, 6.45) is 0.0306. The highest BCUT2D eigenvalue weighted by Crippen LogP contribution is 2.14. The normalized spacial score (nSPS) is 11.1. The van der Waals surface area contributed by atoms with E-state index in [2.05, 4.69) is 20.6 Å². The minimum Gasteiger partial charge on any atom is -0.488 e. The number of pyridine rings is 1. The van der Waals surface area contributed by atoms with Gasteiger partial charge in [-0.3, -0.25) is 4.99 Å². The van der Waals surface area contributed by atoms with Crippen LogP contribution in [0, 0.1) is 0 Å². The van der Waals surface area contributed by atoms with E-state index in [0.717, 1.165) is 17.5 Å². The first-order chi connectivity index (χ1) is 12.6. The highest BCUT2D eigenvalue weighted by molar-refractivity contribution is 14.0. The molecule has 148 valence electrons. The van der Waals surface area contributed by atoms with Gasteiger partial charge >= 0.3 is 0 Å². The summed E-state index contributed by atoms with van der Waals surface area (Å²) in [6.45, 7) is 0.564. The minimum absolute atomic E-state index is 0. The Morgan fingerprint density at radius 1 is 1.22 bits per heavy atom. The molecule has 0 aliphatic rings. The average molecular weight is 511 g/mol. The molecule has 0 bridgehead atoms. The molecule has 0 radical (unpaired) electrons. The second-order valence-corrected chi connectivity index (χ2v) is 5.83. The van der Waals surface area contributed by atoms with Gasteiger partial charge < -0.3 is 15.4 Å². The van der Waals surface area contributed by atoms with Gasteiger partial charge in [0.1, 0.15) is 17.5 Å². The number of halogens is 4. The Morgan fingerprint density at radius 2 is 2.04 bits per heavy atom. The van der Waals surface area contributed by atoms with Gasteiger partial charge in [0.25, 0.3) is 6.43 Å². The summed E-state index contributed by atoms with van der Waals surface area (Å²) >= 11 is 5.76. The van der Waals surface area contributed by atoms with Crippen molar-refractivity contribution in [2.24, 2.45) is 4.99 Å². The SMILES string of the molecule is CN=C(NCCc1ccc(Cl)nc1)NCc1cccc(OCC(F)F)c1.I. The summed E-state index contributed by atoms with van der Waals surface area (Å²) in [5.74, 6) is 1.06. The van der Waals surface area contributed by atoms with Crippen LogP contribution >= 0.6 is 35.6 Å². The number of hydrogen-bond acceptors (Lipinski definition) is 3. The van der Waals surface area contributed by atoms with Gasteiger partial charge in [0.2, 0.25) is 0 Å². The number of benzene rings is 1. The largest absolute Gasteiger partial charge is 0.488 e. The van der Waals surface area contributed by atoms with Crippen LogP contribution in [0.3, 0.4) is 0 Å². The van der Waals surface area contributed by atoms with Gasteiger partial charge in [-0.1, -0.05) is 29.8 Å². The van der Waals surface area contributed by atoms with Crippen LogP contribution in [-0.4, -0.2) is 37.6 Å². The van der Waals surface area contributed by atoms with Crippen molar-refractivity contribution in [2.75, 3.05) is 20.2 Å². The molecule has 2 rings (SSSR count). The summed E-state index contributed by atoms with van der Waals surface area (Å²) in [5.41, 5.74) is 1.97. The molecule has 0 atom stereocenters. The van der Waals surface area contributed by atoms with Crippen molar-refractivity contribution in [3.8, 4) is 5.75 Å². The predicted molar refractivity (Wildman–Crippen MR) is 115 cm³/mol. The number of alkyl halides is 2. The number of nitrogens with one attached hydrogen (secondary N) is 2. The summed E-state index contributed by atoms with van der Waals surface area (Å²) in [7, 11) is 1.68. The van der Waals surface area contributed by atoms with E-state index in [9.17, 15) is 8.78 Å². The summed E-state index contributed by atoms with van der Waals surface area (Å²) in [4.78, 5) is 8.20. The molecule has 0 aliphatic heterocycles. The maximum absolute atomic E-state index is 12.2. The maximum Gasteiger partial charge on any atom is 0.272 e. The van der Waals surface area contributed by atoms with Crippen LogP contribution in [0.4, 0.5) is 8.78 Å². The molecule has 1 aromatic heterocycles. The summed E-state index contributed by atoms with van der Waals surface area (Å²) < 4.78 is 29.4. The molecule has 9 heteroatoms. The Labute approximate surface area is 179 Å². The lowest BCUT2D eigenvalue weighted by atomic mass is 10.2. The number of ether oxygens (including phenoxy) is 1. The Bertz CT molecular complexity index is 717. The van der Waals surface area contributed by atoms with Crippen LogP contribution in [0.2, 0.25) is 5.15 Å². The number of aromatic nitrogens is 1. The second kappa shape index (κ2) is 12.7. The number of hydrogen-bond donors (Lipinski definition) is 2. The van der Waals surface area contributed by atoms with Crippen molar-refractivity contribution in [3.05, 3.63) is 58.9 Å². The molecule has 0 unspecified atom stereocenters. The smallest absolute Gasteiger partial charge is 0.272 e. The highest BCUT2D eigenvalue weighted by atomic mass is 127. The average Bonchev–Trinajstić information content (AvgIpc) is 2.64. The van der Waals surface area contributed by atoms with Crippen molar-refractivity contribution in [1.29, 1.82) is 0 Å². The van der Waals surface area contributed by atoms with Crippen LogP contribution in [0.5, 0.6) is 5.75 Å². The molecule has 1 heterocycles. The molecule has 5 nitrogen and oxygen atoms in total. The number of guanidine groups is 1. The van der Waals surface area contributed by atoms with Crippen molar-refractivity contribution in [1.82, 2.24) is 15.6 Å². The van der Waals surface area contributed by atoms with E-state index in [-0.39, 0.29) is 24.0 Å². The van der Waals surface area contributed by atoms with E-state index < -0.39 is 13.0 Å². The van der Waals surface area contributed by atoms with E-state index in [4.69, 9.17) is 16.3 Å². The van der Waals surface area contributed by atoms with E-state index in [0.29, 0.717) is 30.0 Å². The van der Waals surface area contributed by atoms with Crippen LogP contribution in [0.1, 0.15) is 11.1 Å². The van der Waals surface area contributed by atoms with Crippen LogP contribution in [-0.2, 0) is 13.0 Å². The Hall–Kier alpha value is -1.68. The minimum atomic E-state index is -2.49. The fourth-order valence-corrected chi connectivity index (χ4v) is 2.30. The molecule has 0 fully saturated rings. The molecule has 0 saturated heterocycles. The van der Waals surface area contributed by atoms with E-state index in [1.165, 1.54) is 0 Å². The van der Waals surface area contributed by atoms with Gasteiger partial charge in [-0.15, -0.1) is 24.0 Å². The molecule has 2 aromatic rings. The molecular weight excluding hydrogens is 489 g/mol. The third-order valence-electron chi connectivity index (χ3n) is 3.45. The molecular formula is C18H22ClF2IN4O. The van der Waals surface area contributed by atoms with E-state index >= 15 is 0 Å². The van der Waals surface area contributed by atoms with Gasteiger partial charge in [-0.25, -0.2) is 13.8 Å². The zero-order valence-electron chi connectivity index (χ0n) is 14.8. The summed E-state index contributed by atoms with van der Waals surface area (Å²) in [5, 5.41) is 6.85. The molecule has 0 aliphatic carbocycles. The zero-order chi connectivity index (χ0) is 18.8. The number of nitrogens with zero attached hydrogens (tertiary/aromatic N) is 2. The van der Waals surface area contributed by atoms with Gasteiger partial charge in [0.15, 0.2) is 5.96 Å². The fraction of sp³-hybridized carbons (Fsp3) is 0.333. The quantitative estimate of drug-likeness (QED) is 0.245. The Balaban J connectivity index is 0.00000364. The number of aliphatic imine (C=N–C) groups is 1. The Morgan fingerprint density at radius 3 is 2.70 bits per heavy atom. The van der Waals surface area contributed by atoms with E-state index in [1.54, 1.807) is 37.5 Å². The second-order valence-electron chi connectivity index (χ2n) is 5.44. The van der Waals surface area contributed by atoms with Crippen molar-refractivity contribution >= 4 is 41.5 Å². The first-order valence-electron chi connectivity index (χ1n) is 8.11. The van der Waals surface area contributed by atoms with E-state index in [1.807, 2.05) is 12.1 Å². The molecule has 0 amide bonds. The molecule has 2 N–H and O–H groups in total. The van der Waals surface area contributed by atoms with Crippen molar-refractivity contribution in [2.45, 2.75) is 19.4 Å². The monoisotopic (exact) mass is 510 g/mol. The lowest BCUT2D eigenvalue weighted by Crippen LogP contribution is -2.37. The zero-order valence-corrected chi connectivity index (χ0v) is 17.9. The number of rotatable bonds is 8. The van der Waals surface area contributed by atoms with Gasteiger partial charge in [0.05, 0.1) is 0 Å². The lowest BCUT2D eigenvalue weighted by Gasteiger charge is -2.13. The van der Waals surface area contributed by atoms with Crippen molar-refractivity contribution < 1.29 is 13.5 Å². The van der Waals surface area contributed by atoms with Crippen LogP contribution in [0.25, 0.3) is 0 Å². The van der Waals surface area contributed by atoms with Crippen molar-refractivity contribution in [3.63, 3.8) is 0 Å². The third kappa shape index (κ3) is 9.18. The van der Waals surface area contributed by atoms with Gasteiger partial charge in [-0.2, -0.15) is 0 Å². The van der Waals surface area contributed by atoms with Gasteiger partial charge in [-0.05, 0) is 35.7 Å². The Kier molecular flexibility index (Phi) is 11.0. The highest BCUT2D eigenvalue weighted by Gasteiger charge is 2.05. The molecule has 27 heavy (non-hydrogen) atoms. The first kappa shape index (κ1) is 23.4. The van der Waals surface area contributed by atoms with Crippen LogP contribution < -0.4 is 15.4 Å². The topological polar surface area (TPSA) is 58.5 Å². The van der Waals surface area contributed by atoms with Gasteiger partial charge in [0, 0.05) is 26.3 Å². The predicted octanol–water partition coefficient (Wildman–Crippen LogP) is 3.90.